The second kappa shape index (κ2) is 7.00. The Morgan fingerprint density at radius 1 is 1.27 bits per heavy atom. The lowest BCUT2D eigenvalue weighted by Gasteiger charge is -2.30. The predicted molar refractivity (Wildman–Crippen MR) is 101 cm³/mol. The third-order valence-electron chi connectivity index (χ3n) is 4.70. The summed E-state index contributed by atoms with van der Waals surface area (Å²) in [5.41, 5.74) is 1.94. The second-order valence-electron chi connectivity index (χ2n) is 6.78. The lowest BCUT2D eigenvalue weighted by molar-refractivity contribution is 0.0676. The Bertz CT molecular complexity index is 917. The van der Waals surface area contributed by atoms with E-state index in [-0.39, 0.29) is 5.91 Å². The summed E-state index contributed by atoms with van der Waals surface area (Å²) in [7, 11) is 0. The molecule has 0 radical (unpaired) electrons. The third-order valence-corrected chi connectivity index (χ3v) is 4.93. The van der Waals surface area contributed by atoms with Crippen LogP contribution in [-0.4, -0.2) is 33.7 Å². The fraction of sp³-hybridized carbons (Fsp3) is 0.300. The van der Waals surface area contributed by atoms with Crippen LogP contribution in [0, 0.1) is 5.92 Å². The molecule has 3 aromatic rings. The maximum Gasteiger partial charge on any atom is 0.274 e. The molecule has 1 aromatic carbocycles. The molecule has 4 rings (SSSR count). The van der Waals surface area contributed by atoms with E-state index in [1.165, 1.54) is 6.42 Å². The van der Waals surface area contributed by atoms with Gasteiger partial charge in [-0.3, -0.25) is 4.79 Å². The molecule has 1 aliphatic rings. The first kappa shape index (κ1) is 16.9. The zero-order chi connectivity index (χ0) is 18.1. The van der Waals surface area contributed by atoms with E-state index in [9.17, 15) is 4.79 Å². The van der Waals surface area contributed by atoms with Crippen LogP contribution in [-0.2, 0) is 0 Å². The number of carbonyl (C=O) groups is 1. The minimum Gasteiger partial charge on any atom is -0.463 e. The summed E-state index contributed by atoms with van der Waals surface area (Å²) in [5, 5.41) is 5.20. The Morgan fingerprint density at radius 3 is 2.88 bits per heavy atom. The van der Waals surface area contributed by atoms with Crippen LogP contribution in [0.15, 0.2) is 53.1 Å². The molecule has 0 aliphatic carbocycles. The van der Waals surface area contributed by atoms with Gasteiger partial charge in [0.05, 0.1) is 12.0 Å². The number of likely N-dealkylation sites (tertiary alicyclic amines) is 1. The van der Waals surface area contributed by atoms with Gasteiger partial charge in [-0.05, 0) is 49.1 Å². The van der Waals surface area contributed by atoms with Gasteiger partial charge in [0, 0.05) is 24.2 Å². The number of carbonyl (C=O) groups excluding carboxylic acids is 1. The van der Waals surface area contributed by atoms with Crippen molar-refractivity contribution in [1.29, 1.82) is 0 Å². The molecule has 2 aromatic heterocycles. The average Bonchev–Trinajstić information content (AvgIpc) is 3.30. The van der Waals surface area contributed by atoms with E-state index in [0.29, 0.717) is 22.4 Å². The largest absolute Gasteiger partial charge is 0.463 e. The highest BCUT2D eigenvalue weighted by molar-refractivity contribution is 6.30. The predicted octanol–water partition coefficient (Wildman–Crippen LogP) is 4.66. The first-order chi connectivity index (χ1) is 12.6. The lowest BCUT2D eigenvalue weighted by atomic mass is 10.00. The second-order valence-corrected chi connectivity index (χ2v) is 7.22. The molecule has 134 valence electrons. The molecule has 0 bridgehead atoms. The summed E-state index contributed by atoms with van der Waals surface area (Å²) in [5.74, 6) is 1.14. The number of furan rings is 1. The molecule has 1 atom stereocenters. The van der Waals surface area contributed by atoms with Gasteiger partial charge in [-0.1, -0.05) is 24.6 Å². The van der Waals surface area contributed by atoms with Crippen LogP contribution in [0.25, 0.3) is 17.1 Å². The third kappa shape index (κ3) is 3.27. The number of hydrogen-bond acceptors (Lipinski definition) is 3. The number of benzene rings is 1. The van der Waals surface area contributed by atoms with Gasteiger partial charge in [0.1, 0.15) is 5.69 Å². The number of piperidine rings is 1. The maximum atomic E-state index is 13.0. The quantitative estimate of drug-likeness (QED) is 0.674. The number of amides is 1. The van der Waals surface area contributed by atoms with E-state index in [0.717, 1.165) is 30.9 Å². The van der Waals surface area contributed by atoms with Crippen molar-refractivity contribution in [1.82, 2.24) is 14.7 Å². The van der Waals surface area contributed by atoms with Crippen LogP contribution in [0.3, 0.4) is 0 Å². The van der Waals surface area contributed by atoms with Crippen molar-refractivity contribution < 1.29 is 9.21 Å². The van der Waals surface area contributed by atoms with E-state index in [2.05, 4.69) is 12.0 Å². The highest BCUT2D eigenvalue weighted by atomic mass is 35.5. The number of aromatic nitrogens is 2. The standard InChI is InChI=1S/C20H20ClN3O2/c1-14-5-3-9-23(13-14)20(25)17-12-18(19-8-4-10-26-19)24(22-17)16-7-2-6-15(21)11-16/h2,4,6-8,10-12,14H,3,5,9,13H2,1H3. The molecule has 1 fully saturated rings. The maximum absolute atomic E-state index is 13.0. The van der Waals surface area contributed by atoms with Crippen molar-refractivity contribution in [2.75, 3.05) is 13.1 Å². The van der Waals surface area contributed by atoms with Crippen molar-refractivity contribution in [3.8, 4) is 17.1 Å². The molecule has 1 amide bonds. The van der Waals surface area contributed by atoms with E-state index in [1.54, 1.807) is 17.0 Å². The molecular formula is C20H20ClN3O2. The number of hydrogen-bond donors (Lipinski definition) is 0. The summed E-state index contributed by atoms with van der Waals surface area (Å²) >= 11 is 6.14. The Morgan fingerprint density at radius 2 is 2.15 bits per heavy atom. The van der Waals surface area contributed by atoms with E-state index in [4.69, 9.17) is 16.0 Å². The van der Waals surface area contributed by atoms with E-state index in [1.807, 2.05) is 41.3 Å². The zero-order valence-electron chi connectivity index (χ0n) is 14.6. The lowest BCUT2D eigenvalue weighted by Crippen LogP contribution is -2.39. The minimum atomic E-state index is -0.0369. The Balaban J connectivity index is 1.75. The van der Waals surface area contributed by atoms with Gasteiger partial charge in [-0.2, -0.15) is 5.10 Å². The van der Waals surface area contributed by atoms with Gasteiger partial charge >= 0.3 is 0 Å². The number of nitrogens with zero attached hydrogens (tertiary/aromatic N) is 3. The van der Waals surface area contributed by atoms with Gasteiger partial charge in [0.2, 0.25) is 0 Å². The molecule has 0 spiro atoms. The molecule has 5 nitrogen and oxygen atoms in total. The first-order valence-electron chi connectivity index (χ1n) is 8.81. The summed E-state index contributed by atoms with van der Waals surface area (Å²) in [4.78, 5) is 14.9. The van der Waals surface area contributed by atoms with Gasteiger partial charge in [-0.25, -0.2) is 4.68 Å². The molecule has 0 saturated carbocycles. The molecule has 0 N–H and O–H groups in total. The van der Waals surface area contributed by atoms with Crippen LogP contribution in [0.1, 0.15) is 30.3 Å². The minimum absolute atomic E-state index is 0.0369. The Labute approximate surface area is 157 Å². The van der Waals surface area contributed by atoms with Crippen LogP contribution >= 0.6 is 11.6 Å². The Hall–Kier alpha value is -2.53. The summed E-state index contributed by atoms with van der Waals surface area (Å²) in [6.07, 6.45) is 3.81. The highest BCUT2D eigenvalue weighted by Gasteiger charge is 2.26. The molecule has 6 heteroatoms. The summed E-state index contributed by atoms with van der Waals surface area (Å²) in [6, 6.07) is 12.9. The fourth-order valence-electron chi connectivity index (χ4n) is 3.43. The summed E-state index contributed by atoms with van der Waals surface area (Å²) < 4.78 is 7.26. The molecule has 1 unspecified atom stereocenters. The van der Waals surface area contributed by atoms with Crippen molar-refractivity contribution in [2.24, 2.45) is 5.92 Å². The summed E-state index contributed by atoms with van der Waals surface area (Å²) in [6.45, 7) is 3.74. The van der Waals surface area contributed by atoms with Crippen molar-refractivity contribution >= 4 is 17.5 Å². The molecule has 1 saturated heterocycles. The smallest absolute Gasteiger partial charge is 0.274 e. The van der Waals surface area contributed by atoms with E-state index < -0.39 is 0 Å². The van der Waals surface area contributed by atoms with Gasteiger partial charge in [-0.15, -0.1) is 0 Å². The molecule has 1 aliphatic heterocycles. The van der Waals surface area contributed by atoms with Gasteiger partial charge < -0.3 is 9.32 Å². The highest BCUT2D eigenvalue weighted by Crippen LogP contribution is 2.27. The monoisotopic (exact) mass is 369 g/mol. The van der Waals surface area contributed by atoms with Crippen LogP contribution in [0.5, 0.6) is 0 Å². The SMILES string of the molecule is CC1CCCN(C(=O)c2cc(-c3ccco3)n(-c3cccc(Cl)c3)n2)C1. The molecule has 3 heterocycles. The van der Waals surface area contributed by atoms with Crippen LogP contribution in [0.2, 0.25) is 5.02 Å². The fourth-order valence-corrected chi connectivity index (χ4v) is 3.61. The Kier molecular flexibility index (Phi) is 4.55. The van der Waals surface area contributed by atoms with Crippen LogP contribution in [0.4, 0.5) is 0 Å². The molecule has 26 heavy (non-hydrogen) atoms. The average molecular weight is 370 g/mol. The normalized spacial score (nSPS) is 17.5. The number of halogens is 1. The zero-order valence-corrected chi connectivity index (χ0v) is 15.3. The number of rotatable bonds is 3. The molecular weight excluding hydrogens is 350 g/mol. The first-order valence-corrected chi connectivity index (χ1v) is 9.19. The van der Waals surface area contributed by atoms with Gasteiger partial charge in [0.15, 0.2) is 11.5 Å². The van der Waals surface area contributed by atoms with Crippen molar-refractivity contribution in [2.45, 2.75) is 19.8 Å². The van der Waals surface area contributed by atoms with Gasteiger partial charge in [0.25, 0.3) is 5.91 Å². The van der Waals surface area contributed by atoms with Crippen molar-refractivity contribution in [3.05, 3.63) is 59.4 Å². The topological polar surface area (TPSA) is 51.3 Å². The van der Waals surface area contributed by atoms with E-state index >= 15 is 0 Å². The van der Waals surface area contributed by atoms with Crippen molar-refractivity contribution in [3.63, 3.8) is 0 Å². The van der Waals surface area contributed by atoms with Crippen LogP contribution < -0.4 is 0 Å².